The van der Waals surface area contributed by atoms with Crippen LogP contribution in [0.4, 0.5) is 11.4 Å². The highest BCUT2D eigenvalue weighted by Crippen LogP contribution is 2.22. The van der Waals surface area contributed by atoms with E-state index in [1.54, 1.807) is 6.20 Å². The molecule has 2 aliphatic heterocycles. The Kier molecular flexibility index (Phi) is 6.16. The second-order valence-corrected chi connectivity index (χ2v) is 7.02. The maximum absolute atomic E-state index is 5.72. The molecule has 0 aromatic carbocycles. The maximum atomic E-state index is 5.72. The SMILES string of the molecule is Cc1c(N)cnn1C1CCCOC1.Cc1nn(C2CCCOC2)cc1N. The molecule has 0 aliphatic carbocycles. The van der Waals surface area contributed by atoms with E-state index < -0.39 is 0 Å². The summed E-state index contributed by atoms with van der Waals surface area (Å²) in [6.45, 7) is 7.22. The fourth-order valence-electron chi connectivity index (χ4n) is 3.34. The van der Waals surface area contributed by atoms with E-state index in [4.69, 9.17) is 20.9 Å². The molecular weight excluding hydrogens is 332 g/mol. The third kappa shape index (κ3) is 4.37. The van der Waals surface area contributed by atoms with Gasteiger partial charge >= 0.3 is 0 Å². The van der Waals surface area contributed by atoms with Gasteiger partial charge in [-0.15, -0.1) is 0 Å². The summed E-state index contributed by atoms with van der Waals surface area (Å²) in [6.07, 6.45) is 8.12. The molecule has 2 unspecified atom stereocenters. The molecule has 2 aliphatic rings. The Labute approximate surface area is 154 Å². The van der Waals surface area contributed by atoms with Crippen molar-refractivity contribution in [2.24, 2.45) is 0 Å². The summed E-state index contributed by atoms with van der Waals surface area (Å²) in [7, 11) is 0. The van der Waals surface area contributed by atoms with Crippen LogP contribution in [-0.2, 0) is 9.47 Å². The molecule has 8 heteroatoms. The minimum Gasteiger partial charge on any atom is -0.396 e. The zero-order valence-corrected chi connectivity index (χ0v) is 15.7. The Morgan fingerprint density at radius 1 is 1.00 bits per heavy atom. The van der Waals surface area contributed by atoms with E-state index in [0.29, 0.717) is 12.1 Å². The van der Waals surface area contributed by atoms with Crippen LogP contribution < -0.4 is 11.5 Å². The zero-order valence-electron chi connectivity index (χ0n) is 15.7. The highest BCUT2D eigenvalue weighted by atomic mass is 16.5. The summed E-state index contributed by atoms with van der Waals surface area (Å²) in [4.78, 5) is 0. The number of ether oxygens (including phenoxy) is 2. The van der Waals surface area contributed by atoms with Crippen LogP contribution in [0.15, 0.2) is 12.4 Å². The molecule has 4 heterocycles. The number of nitrogens with two attached hydrogens (primary N) is 2. The number of hydrogen-bond donors (Lipinski definition) is 2. The van der Waals surface area contributed by atoms with E-state index >= 15 is 0 Å². The molecule has 26 heavy (non-hydrogen) atoms. The van der Waals surface area contributed by atoms with Crippen LogP contribution in [0.3, 0.4) is 0 Å². The molecular formula is C18H30N6O2. The number of aryl methyl sites for hydroxylation is 1. The molecule has 2 atom stereocenters. The molecule has 8 nitrogen and oxygen atoms in total. The van der Waals surface area contributed by atoms with E-state index in [9.17, 15) is 0 Å². The molecule has 2 fully saturated rings. The van der Waals surface area contributed by atoms with Gasteiger partial charge in [-0.25, -0.2) is 0 Å². The van der Waals surface area contributed by atoms with E-state index in [0.717, 1.165) is 74.9 Å². The number of hydrogen-bond acceptors (Lipinski definition) is 6. The minimum atomic E-state index is 0.379. The monoisotopic (exact) mass is 362 g/mol. The largest absolute Gasteiger partial charge is 0.396 e. The number of nitrogens with zero attached hydrogens (tertiary/aromatic N) is 4. The lowest BCUT2D eigenvalue weighted by molar-refractivity contribution is 0.0542. The third-order valence-corrected chi connectivity index (χ3v) is 5.03. The second-order valence-electron chi connectivity index (χ2n) is 7.02. The predicted octanol–water partition coefficient (Wildman–Crippen LogP) is 2.25. The Morgan fingerprint density at radius 3 is 2.12 bits per heavy atom. The topological polar surface area (TPSA) is 106 Å². The number of rotatable bonds is 2. The zero-order chi connectivity index (χ0) is 18.5. The van der Waals surface area contributed by atoms with E-state index in [-0.39, 0.29) is 0 Å². The molecule has 2 aromatic heterocycles. The lowest BCUT2D eigenvalue weighted by Crippen LogP contribution is -2.23. The van der Waals surface area contributed by atoms with Crippen LogP contribution in [0.25, 0.3) is 0 Å². The van der Waals surface area contributed by atoms with Gasteiger partial charge < -0.3 is 20.9 Å². The molecule has 0 bridgehead atoms. The van der Waals surface area contributed by atoms with Crippen molar-refractivity contribution in [3.63, 3.8) is 0 Å². The molecule has 0 spiro atoms. The summed E-state index contributed by atoms with van der Waals surface area (Å²) >= 11 is 0. The first-order valence-corrected chi connectivity index (χ1v) is 9.32. The third-order valence-electron chi connectivity index (χ3n) is 5.03. The lowest BCUT2D eigenvalue weighted by atomic mass is 10.1. The van der Waals surface area contributed by atoms with Gasteiger partial charge in [0.15, 0.2) is 0 Å². The van der Waals surface area contributed by atoms with Crippen molar-refractivity contribution in [3.05, 3.63) is 23.8 Å². The van der Waals surface area contributed by atoms with E-state index in [2.05, 4.69) is 10.2 Å². The van der Waals surface area contributed by atoms with E-state index in [1.165, 1.54) is 0 Å². The molecule has 4 N–H and O–H groups in total. The summed E-state index contributed by atoms with van der Waals surface area (Å²) in [5, 5.41) is 8.60. The van der Waals surface area contributed by atoms with Crippen molar-refractivity contribution in [3.8, 4) is 0 Å². The highest BCUT2D eigenvalue weighted by Gasteiger charge is 2.18. The van der Waals surface area contributed by atoms with Crippen LogP contribution in [0.2, 0.25) is 0 Å². The summed E-state index contributed by atoms with van der Waals surface area (Å²) in [5.41, 5.74) is 14.9. The van der Waals surface area contributed by atoms with Crippen LogP contribution in [0, 0.1) is 13.8 Å². The van der Waals surface area contributed by atoms with Crippen LogP contribution in [0.1, 0.15) is 49.2 Å². The van der Waals surface area contributed by atoms with Gasteiger partial charge in [0.25, 0.3) is 0 Å². The number of nitrogen functional groups attached to an aromatic ring is 2. The lowest BCUT2D eigenvalue weighted by Gasteiger charge is -2.23. The Balaban J connectivity index is 0.000000151. The smallest absolute Gasteiger partial charge is 0.0823 e. The van der Waals surface area contributed by atoms with Gasteiger partial charge in [0.05, 0.1) is 54.3 Å². The standard InChI is InChI=1S/2C9H15N3O/c1-7-9(10)5-12(11-7)8-3-2-4-13-6-8;1-7-9(10)5-11-12(7)8-3-2-4-13-6-8/h2*5,8H,2-4,6,10H2,1H3. The first-order chi connectivity index (χ1) is 12.6. The van der Waals surface area contributed by atoms with Crippen molar-refractivity contribution in [1.29, 1.82) is 0 Å². The molecule has 0 saturated carbocycles. The van der Waals surface area contributed by atoms with Gasteiger partial charge in [0.2, 0.25) is 0 Å². The normalized spacial score (nSPS) is 23.3. The van der Waals surface area contributed by atoms with Gasteiger partial charge in [0.1, 0.15) is 0 Å². The Morgan fingerprint density at radius 2 is 1.65 bits per heavy atom. The molecule has 2 saturated heterocycles. The van der Waals surface area contributed by atoms with Gasteiger partial charge in [-0.2, -0.15) is 10.2 Å². The van der Waals surface area contributed by atoms with Crippen LogP contribution in [0.5, 0.6) is 0 Å². The van der Waals surface area contributed by atoms with Crippen LogP contribution in [-0.4, -0.2) is 46.0 Å². The van der Waals surface area contributed by atoms with Crippen molar-refractivity contribution >= 4 is 11.4 Å². The molecule has 0 amide bonds. The fraction of sp³-hybridized carbons (Fsp3) is 0.667. The molecule has 0 radical (unpaired) electrons. The summed E-state index contributed by atoms with van der Waals surface area (Å²) in [6, 6.07) is 0.760. The Hall–Kier alpha value is -2.06. The number of aromatic nitrogens is 4. The quantitative estimate of drug-likeness (QED) is 0.849. The van der Waals surface area contributed by atoms with Gasteiger partial charge in [-0.05, 0) is 39.5 Å². The molecule has 4 rings (SSSR count). The van der Waals surface area contributed by atoms with Crippen molar-refractivity contribution in [2.45, 2.75) is 51.6 Å². The second kappa shape index (κ2) is 8.55. The van der Waals surface area contributed by atoms with E-state index in [1.807, 2.05) is 29.4 Å². The van der Waals surface area contributed by atoms with Gasteiger partial charge in [-0.3, -0.25) is 9.36 Å². The van der Waals surface area contributed by atoms with Gasteiger partial charge in [-0.1, -0.05) is 0 Å². The van der Waals surface area contributed by atoms with Crippen LogP contribution >= 0.6 is 0 Å². The molecule has 144 valence electrons. The number of anilines is 2. The average molecular weight is 362 g/mol. The summed E-state index contributed by atoms with van der Waals surface area (Å²) < 4.78 is 14.7. The highest BCUT2D eigenvalue weighted by molar-refractivity contribution is 5.40. The average Bonchev–Trinajstić information content (AvgIpc) is 3.19. The fourth-order valence-corrected chi connectivity index (χ4v) is 3.34. The minimum absolute atomic E-state index is 0.379. The predicted molar refractivity (Wildman–Crippen MR) is 101 cm³/mol. The first kappa shape index (κ1) is 18.7. The van der Waals surface area contributed by atoms with Crippen molar-refractivity contribution in [2.75, 3.05) is 37.9 Å². The Bertz CT molecular complexity index is 679. The van der Waals surface area contributed by atoms with Crippen molar-refractivity contribution in [1.82, 2.24) is 19.6 Å². The summed E-state index contributed by atoms with van der Waals surface area (Å²) in [5.74, 6) is 0. The molecule has 2 aromatic rings. The van der Waals surface area contributed by atoms with Gasteiger partial charge in [0, 0.05) is 19.4 Å². The maximum Gasteiger partial charge on any atom is 0.0823 e. The first-order valence-electron chi connectivity index (χ1n) is 9.32. The van der Waals surface area contributed by atoms with Crippen molar-refractivity contribution < 1.29 is 9.47 Å².